The van der Waals surface area contributed by atoms with E-state index in [4.69, 9.17) is 11.6 Å². The minimum Gasteiger partial charge on any atom is -0.318 e. The molecule has 1 atom stereocenters. The maximum Gasteiger partial charge on any atom is 0.344 e. The second-order valence-electron chi connectivity index (χ2n) is 6.81. The molecular weight excluding hydrogens is 432 g/mol. The number of hydrazine groups is 1. The molecule has 1 saturated heterocycles. The number of halogens is 1. The number of hydrogen-bond acceptors (Lipinski definition) is 5. The van der Waals surface area contributed by atoms with Gasteiger partial charge in [0.25, 0.3) is 11.8 Å². The molecule has 0 saturated carbocycles. The highest BCUT2D eigenvalue weighted by atomic mass is 35.5. The van der Waals surface area contributed by atoms with E-state index in [0.29, 0.717) is 15.6 Å². The molecule has 4 amide bonds. The number of nitrogens with zero attached hydrogens (tertiary/aromatic N) is 2. The lowest BCUT2D eigenvalue weighted by Crippen LogP contribution is -2.50. The fourth-order valence-electron chi connectivity index (χ4n) is 2.94. The van der Waals surface area contributed by atoms with E-state index in [-0.39, 0.29) is 4.90 Å². The molecule has 3 rings (SSSR count). The van der Waals surface area contributed by atoms with Crippen LogP contribution in [0.1, 0.15) is 12.5 Å². The molecule has 0 radical (unpaired) electrons. The molecule has 2 aromatic carbocycles. The fourth-order valence-corrected chi connectivity index (χ4v) is 4.19. The first-order valence-corrected chi connectivity index (χ1v) is 10.6. The Kier molecular flexibility index (Phi) is 5.84. The topological polar surface area (TPSA) is 116 Å². The van der Waals surface area contributed by atoms with Gasteiger partial charge in [0.15, 0.2) is 0 Å². The van der Waals surface area contributed by atoms with Crippen LogP contribution in [-0.2, 0) is 25.2 Å². The van der Waals surface area contributed by atoms with E-state index in [1.807, 2.05) is 0 Å². The summed E-state index contributed by atoms with van der Waals surface area (Å²) in [5.74, 6) is -1.54. The van der Waals surface area contributed by atoms with Crippen LogP contribution in [0.5, 0.6) is 0 Å². The second kappa shape index (κ2) is 8.05. The third kappa shape index (κ3) is 4.02. The van der Waals surface area contributed by atoms with Gasteiger partial charge in [-0.1, -0.05) is 41.9 Å². The lowest BCUT2D eigenvalue weighted by Gasteiger charge is -2.22. The number of amides is 4. The van der Waals surface area contributed by atoms with Crippen molar-refractivity contribution in [1.82, 2.24) is 20.1 Å². The molecule has 0 bridgehead atoms. The standard InChI is InChI=1S/C19H19ClN4O5S/c1-19(13-6-4-3-5-7-13)17(26)24(18(27)21-19)22-16(25)12-23(2)30(28,29)15-10-8-14(20)9-11-15/h3-11H,12H2,1-2H3,(H,21,27)(H,22,25). The van der Waals surface area contributed by atoms with Crippen LogP contribution in [0.25, 0.3) is 0 Å². The van der Waals surface area contributed by atoms with Crippen molar-refractivity contribution < 1.29 is 22.8 Å². The van der Waals surface area contributed by atoms with Crippen molar-refractivity contribution in [3.63, 3.8) is 0 Å². The van der Waals surface area contributed by atoms with Gasteiger partial charge in [0, 0.05) is 12.1 Å². The summed E-state index contributed by atoms with van der Waals surface area (Å²) in [5, 5.41) is 3.47. The largest absolute Gasteiger partial charge is 0.344 e. The normalized spacial score (nSPS) is 19.1. The van der Waals surface area contributed by atoms with Gasteiger partial charge in [-0.2, -0.15) is 9.31 Å². The Hall–Kier alpha value is -2.95. The highest BCUT2D eigenvalue weighted by molar-refractivity contribution is 7.89. The third-order valence-electron chi connectivity index (χ3n) is 4.67. The van der Waals surface area contributed by atoms with Crippen molar-refractivity contribution >= 4 is 39.5 Å². The van der Waals surface area contributed by atoms with Gasteiger partial charge in [-0.15, -0.1) is 0 Å². The summed E-state index contributed by atoms with van der Waals surface area (Å²) in [6.07, 6.45) is 0. The number of carbonyl (C=O) groups excluding carboxylic acids is 3. The van der Waals surface area contributed by atoms with Crippen LogP contribution in [0.15, 0.2) is 59.5 Å². The van der Waals surface area contributed by atoms with Gasteiger partial charge in [0.1, 0.15) is 5.54 Å². The summed E-state index contributed by atoms with van der Waals surface area (Å²) in [6.45, 7) is 0.913. The zero-order chi connectivity index (χ0) is 22.1. The highest BCUT2D eigenvalue weighted by Gasteiger charge is 2.50. The summed E-state index contributed by atoms with van der Waals surface area (Å²) < 4.78 is 26.0. The Balaban J connectivity index is 1.71. The smallest absolute Gasteiger partial charge is 0.318 e. The van der Waals surface area contributed by atoms with Crippen molar-refractivity contribution in [2.24, 2.45) is 0 Å². The van der Waals surface area contributed by atoms with E-state index in [1.54, 1.807) is 30.3 Å². The van der Waals surface area contributed by atoms with Crippen molar-refractivity contribution in [1.29, 1.82) is 0 Å². The van der Waals surface area contributed by atoms with Gasteiger partial charge in [0.2, 0.25) is 10.0 Å². The molecule has 1 fully saturated rings. The molecular formula is C19H19ClN4O5S. The van der Waals surface area contributed by atoms with Crippen LogP contribution < -0.4 is 10.7 Å². The number of carbonyl (C=O) groups is 3. The number of likely N-dealkylation sites (N-methyl/N-ethyl adjacent to an activating group) is 1. The Morgan fingerprint density at radius 3 is 2.33 bits per heavy atom. The zero-order valence-corrected chi connectivity index (χ0v) is 17.7. The third-order valence-corrected chi connectivity index (χ3v) is 6.74. The molecule has 1 aliphatic rings. The number of benzene rings is 2. The van der Waals surface area contributed by atoms with Gasteiger partial charge >= 0.3 is 6.03 Å². The molecule has 0 spiro atoms. The van der Waals surface area contributed by atoms with Crippen LogP contribution in [0.2, 0.25) is 5.02 Å². The number of nitrogens with one attached hydrogen (secondary N) is 2. The van der Waals surface area contributed by atoms with Crippen molar-refractivity contribution in [2.75, 3.05) is 13.6 Å². The van der Waals surface area contributed by atoms with Crippen LogP contribution in [0.4, 0.5) is 4.79 Å². The molecule has 0 aromatic heterocycles. The van der Waals surface area contributed by atoms with Gasteiger partial charge in [-0.3, -0.25) is 15.0 Å². The first-order chi connectivity index (χ1) is 14.1. The lowest BCUT2D eigenvalue weighted by atomic mass is 9.92. The van der Waals surface area contributed by atoms with Crippen molar-refractivity contribution in [3.8, 4) is 0 Å². The number of urea groups is 1. The molecule has 9 nitrogen and oxygen atoms in total. The number of sulfonamides is 1. The Bertz CT molecular complexity index is 1090. The minimum atomic E-state index is -3.97. The monoisotopic (exact) mass is 450 g/mol. The minimum absolute atomic E-state index is 0.0474. The Morgan fingerprint density at radius 1 is 1.13 bits per heavy atom. The van der Waals surface area contributed by atoms with E-state index < -0.39 is 40.0 Å². The lowest BCUT2D eigenvalue weighted by molar-refractivity contribution is -0.138. The molecule has 158 valence electrons. The molecule has 11 heteroatoms. The van der Waals surface area contributed by atoms with E-state index in [2.05, 4.69) is 10.7 Å². The second-order valence-corrected chi connectivity index (χ2v) is 9.29. The van der Waals surface area contributed by atoms with E-state index in [1.165, 1.54) is 38.2 Å². The molecule has 30 heavy (non-hydrogen) atoms. The Morgan fingerprint density at radius 2 is 1.73 bits per heavy atom. The van der Waals surface area contributed by atoms with Crippen LogP contribution in [-0.4, -0.2) is 49.2 Å². The SMILES string of the molecule is CN(CC(=O)NN1C(=O)NC(C)(c2ccccc2)C1=O)S(=O)(=O)c1ccc(Cl)cc1. The van der Waals surface area contributed by atoms with E-state index in [0.717, 1.165) is 4.31 Å². The summed E-state index contributed by atoms with van der Waals surface area (Å²) in [5.41, 5.74) is 1.36. The van der Waals surface area contributed by atoms with E-state index >= 15 is 0 Å². The maximum atomic E-state index is 12.8. The molecule has 1 heterocycles. The maximum absolute atomic E-state index is 12.8. The van der Waals surface area contributed by atoms with Crippen LogP contribution in [0.3, 0.4) is 0 Å². The van der Waals surface area contributed by atoms with E-state index in [9.17, 15) is 22.8 Å². The molecule has 2 N–H and O–H groups in total. The predicted molar refractivity (Wildman–Crippen MR) is 109 cm³/mol. The summed E-state index contributed by atoms with van der Waals surface area (Å²) >= 11 is 5.77. The quantitative estimate of drug-likeness (QED) is 0.646. The van der Waals surface area contributed by atoms with Crippen molar-refractivity contribution in [2.45, 2.75) is 17.4 Å². The zero-order valence-electron chi connectivity index (χ0n) is 16.1. The predicted octanol–water partition coefficient (Wildman–Crippen LogP) is 1.46. The highest BCUT2D eigenvalue weighted by Crippen LogP contribution is 2.27. The number of hydrogen-bond donors (Lipinski definition) is 2. The average molecular weight is 451 g/mol. The number of rotatable bonds is 6. The van der Waals surface area contributed by atoms with Gasteiger partial charge in [-0.05, 0) is 36.8 Å². The fraction of sp³-hybridized carbons (Fsp3) is 0.211. The molecule has 1 unspecified atom stereocenters. The summed E-state index contributed by atoms with van der Waals surface area (Å²) in [4.78, 5) is 37.4. The average Bonchev–Trinajstić information content (AvgIpc) is 2.93. The summed E-state index contributed by atoms with van der Waals surface area (Å²) in [6, 6.07) is 13.2. The van der Waals surface area contributed by atoms with Crippen LogP contribution in [0, 0.1) is 0 Å². The first-order valence-electron chi connectivity index (χ1n) is 8.79. The Labute approximate surface area is 178 Å². The van der Waals surface area contributed by atoms with Gasteiger partial charge < -0.3 is 5.32 Å². The molecule has 1 aliphatic heterocycles. The van der Waals surface area contributed by atoms with Crippen LogP contribution >= 0.6 is 11.6 Å². The first kappa shape index (κ1) is 21.8. The summed E-state index contributed by atoms with van der Waals surface area (Å²) in [7, 11) is -2.76. The number of imide groups is 1. The van der Waals surface area contributed by atoms with Crippen molar-refractivity contribution in [3.05, 3.63) is 65.2 Å². The van der Waals surface area contributed by atoms with Gasteiger partial charge in [-0.25, -0.2) is 13.2 Å². The van der Waals surface area contributed by atoms with Gasteiger partial charge in [0.05, 0.1) is 11.4 Å². The molecule has 0 aliphatic carbocycles. The molecule has 2 aromatic rings.